The van der Waals surface area contributed by atoms with Gasteiger partial charge in [0.2, 0.25) is 10.0 Å². The average Bonchev–Trinajstić information content (AvgIpc) is 2.68. The van der Waals surface area contributed by atoms with Crippen LogP contribution in [0.3, 0.4) is 0 Å². The molecule has 0 bridgehead atoms. The summed E-state index contributed by atoms with van der Waals surface area (Å²) in [6, 6.07) is 0.252. The summed E-state index contributed by atoms with van der Waals surface area (Å²) in [6.07, 6.45) is 0.0446. The van der Waals surface area contributed by atoms with E-state index >= 15 is 0 Å². The predicted octanol–water partition coefficient (Wildman–Crippen LogP) is -0.108. The molecule has 0 aliphatic heterocycles. The fraction of sp³-hybridized carbons (Fsp3) is 0.600. The Balaban J connectivity index is 2.68. The number of aliphatic carboxylic acids is 1. The highest BCUT2D eigenvalue weighted by Crippen LogP contribution is 2.07. The van der Waals surface area contributed by atoms with Crippen molar-refractivity contribution in [1.29, 1.82) is 0 Å². The van der Waals surface area contributed by atoms with E-state index in [1.165, 1.54) is 13.2 Å². The van der Waals surface area contributed by atoms with Crippen LogP contribution >= 0.6 is 0 Å². The molecule has 0 saturated heterocycles. The molecule has 0 aliphatic rings. The van der Waals surface area contributed by atoms with Gasteiger partial charge >= 0.3 is 5.97 Å². The number of rotatable bonds is 8. The van der Waals surface area contributed by atoms with Crippen molar-refractivity contribution >= 4 is 16.0 Å². The Hall–Kier alpha value is -1.45. The highest BCUT2D eigenvalue weighted by Gasteiger charge is 2.24. The Morgan fingerprint density at radius 3 is 2.79 bits per heavy atom. The van der Waals surface area contributed by atoms with E-state index < -0.39 is 27.8 Å². The van der Waals surface area contributed by atoms with E-state index in [4.69, 9.17) is 14.4 Å². The first-order valence-corrected chi connectivity index (χ1v) is 7.13. The quantitative estimate of drug-likeness (QED) is 0.686. The molecule has 9 heteroatoms. The van der Waals surface area contributed by atoms with E-state index in [0.717, 1.165) is 0 Å². The number of nitrogens with one attached hydrogen (secondary N) is 1. The van der Waals surface area contributed by atoms with Gasteiger partial charge in [0.15, 0.2) is 0 Å². The van der Waals surface area contributed by atoms with Crippen LogP contribution < -0.4 is 4.72 Å². The average molecular weight is 292 g/mol. The molecule has 19 heavy (non-hydrogen) atoms. The normalized spacial score (nSPS) is 13.4. The Labute approximate surface area is 110 Å². The third-order valence-corrected chi connectivity index (χ3v) is 3.56. The summed E-state index contributed by atoms with van der Waals surface area (Å²) in [5, 5.41) is 12.5. The van der Waals surface area contributed by atoms with Crippen molar-refractivity contribution in [3.05, 3.63) is 17.5 Å². The van der Waals surface area contributed by atoms with Gasteiger partial charge in [0.1, 0.15) is 23.2 Å². The number of carbonyl (C=O) groups is 1. The lowest BCUT2D eigenvalue weighted by atomic mass is 10.2. The first-order chi connectivity index (χ1) is 8.84. The van der Waals surface area contributed by atoms with Gasteiger partial charge in [-0.1, -0.05) is 5.16 Å². The maximum atomic E-state index is 11.8. The number of aryl methyl sites for hydroxylation is 1. The van der Waals surface area contributed by atoms with E-state index in [1.807, 2.05) is 0 Å². The number of sulfonamides is 1. The fourth-order valence-electron chi connectivity index (χ4n) is 1.41. The minimum atomic E-state index is -3.80. The molecule has 0 spiro atoms. The maximum Gasteiger partial charge on any atom is 0.321 e. The SMILES string of the molecule is COCCC(NS(=O)(=O)Cc1cc(C)on1)C(=O)O. The molecule has 0 fully saturated rings. The van der Waals surface area contributed by atoms with Crippen LogP contribution in [-0.2, 0) is 25.3 Å². The topological polar surface area (TPSA) is 119 Å². The van der Waals surface area contributed by atoms with Gasteiger partial charge in [-0.15, -0.1) is 0 Å². The zero-order valence-corrected chi connectivity index (χ0v) is 11.4. The molecular weight excluding hydrogens is 276 g/mol. The number of carboxylic acid groups (broad SMARTS) is 1. The van der Waals surface area contributed by atoms with Crippen LogP contribution in [0.1, 0.15) is 17.9 Å². The van der Waals surface area contributed by atoms with Crippen LogP contribution in [0, 0.1) is 6.92 Å². The summed E-state index contributed by atoms with van der Waals surface area (Å²) in [5.41, 5.74) is 0.223. The smallest absolute Gasteiger partial charge is 0.321 e. The lowest BCUT2D eigenvalue weighted by Gasteiger charge is -2.13. The number of aromatic nitrogens is 1. The first-order valence-electron chi connectivity index (χ1n) is 5.48. The van der Waals surface area contributed by atoms with Crippen molar-refractivity contribution in [2.24, 2.45) is 0 Å². The van der Waals surface area contributed by atoms with Crippen molar-refractivity contribution in [1.82, 2.24) is 9.88 Å². The van der Waals surface area contributed by atoms with Crippen molar-refractivity contribution in [2.75, 3.05) is 13.7 Å². The Bertz CT molecular complexity index is 524. The highest BCUT2D eigenvalue weighted by atomic mass is 32.2. The Morgan fingerprint density at radius 2 is 2.32 bits per heavy atom. The van der Waals surface area contributed by atoms with Gasteiger partial charge in [-0.05, 0) is 13.3 Å². The fourth-order valence-corrected chi connectivity index (χ4v) is 2.67. The number of methoxy groups -OCH3 is 1. The third-order valence-electron chi connectivity index (χ3n) is 2.25. The maximum absolute atomic E-state index is 11.8. The monoisotopic (exact) mass is 292 g/mol. The van der Waals surface area contributed by atoms with E-state index in [2.05, 4.69) is 9.88 Å². The molecule has 0 aromatic carbocycles. The number of hydrogen-bond donors (Lipinski definition) is 2. The lowest BCUT2D eigenvalue weighted by Crippen LogP contribution is -2.42. The van der Waals surface area contributed by atoms with Gasteiger partial charge in [0, 0.05) is 19.8 Å². The summed E-state index contributed by atoms with van der Waals surface area (Å²) >= 11 is 0. The third kappa shape index (κ3) is 5.37. The van der Waals surface area contributed by atoms with Gasteiger partial charge in [0.05, 0.1) is 0 Å². The first kappa shape index (κ1) is 15.6. The van der Waals surface area contributed by atoms with Gasteiger partial charge in [-0.3, -0.25) is 4.79 Å². The molecule has 1 aromatic heterocycles. The molecule has 1 aromatic rings. The van der Waals surface area contributed by atoms with Gasteiger partial charge in [-0.2, -0.15) is 0 Å². The van der Waals surface area contributed by atoms with Crippen molar-refractivity contribution in [3.63, 3.8) is 0 Å². The molecule has 1 heterocycles. The Kier molecular flexibility index (Phi) is 5.45. The summed E-state index contributed by atoms with van der Waals surface area (Å²) in [6.45, 7) is 1.78. The van der Waals surface area contributed by atoms with Gasteiger partial charge < -0.3 is 14.4 Å². The lowest BCUT2D eigenvalue weighted by molar-refractivity contribution is -0.139. The van der Waals surface area contributed by atoms with Crippen LogP contribution in [0.25, 0.3) is 0 Å². The number of ether oxygens (including phenoxy) is 1. The molecule has 0 amide bonds. The van der Waals surface area contributed by atoms with Crippen LogP contribution in [0.15, 0.2) is 10.6 Å². The second-order valence-electron chi connectivity index (χ2n) is 3.98. The van der Waals surface area contributed by atoms with Gasteiger partial charge in [0.25, 0.3) is 0 Å². The van der Waals surface area contributed by atoms with E-state index in [-0.39, 0.29) is 18.7 Å². The number of nitrogens with zero attached hydrogens (tertiary/aromatic N) is 1. The summed E-state index contributed by atoms with van der Waals surface area (Å²) < 4.78 is 35.2. The van der Waals surface area contributed by atoms with Crippen LogP contribution in [0.4, 0.5) is 0 Å². The van der Waals surface area contributed by atoms with Crippen molar-refractivity contribution in [3.8, 4) is 0 Å². The van der Waals surface area contributed by atoms with Crippen LogP contribution in [0.2, 0.25) is 0 Å². The van der Waals surface area contributed by atoms with E-state index in [0.29, 0.717) is 5.76 Å². The Morgan fingerprint density at radius 1 is 1.63 bits per heavy atom. The molecule has 0 radical (unpaired) electrons. The number of hydrogen-bond acceptors (Lipinski definition) is 6. The summed E-state index contributed by atoms with van der Waals surface area (Å²) in [4.78, 5) is 10.9. The largest absolute Gasteiger partial charge is 0.480 e. The molecule has 1 atom stereocenters. The minimum Gasteiger partial charge on any atom is -0.480 e. The predicted molar refractivity (Wildman–Crippen MR) is 64.9 cm³/mol. The summed E-state index contributed by atoms with van der Waals surface area (Å²) in [5.74, 6) is -1.20. The summed E-state index contributed by atoms with van der Waals surface area (Å²) in [7, 11) is -2.40. The van der Waals surface area contributed by atoms with Gasteiger partial charge in [-0.25, -0.2) is 13.1 Å². The minimum absolute atomic E-state index is 0.0446. The molecule has 1 unspecified atom stereocenters. The van der Waals surface area contributed by atoms with Crippen molar-refractivity contribution < 1.29 is 27.6 Å². The van der Waals surface area contributed by atoms with Crippen molar-refractivity contribution in [2.45, 2.75) is 25.1 Å². The zero-order valence-electron chi connectivity index (χ0n) is 10.6. The van der Waals surface area contributed by atoms with Crippen LogP contribution in [0.5, 0.6) is 0 Å². The molecule has 0 aliphatic carbocycles. The second kappa shape index (κ2) is 6.64. The molecule has 108 valence electrons. The molecule has 2 N–H and O–H groups in total. The molecule has 1 rings (SSSR count). The molecule has 8 nitrogen and oxygen atoms in total. The van der Waals surface area contributed by atoms with Crippen LogP contribution in [-0.4, -0.2) is 44.4 Å². The number of carboxylic acids is 1. The molecular formula is C10H16N2O6S. The van der Waals surface area contributed by atoms with E-state index in [9.17, 15) is 13.2 Å². The molecule has 0 saturated carbocycles. The second-order valence-corrected chi connectivity index (χ2v) is 5.73. The zero-order chi connectivity index (χ0) is 14.5. The highest BCUT2D eigenvalue weighted by molar-refractivity contribution is 7.88. The van der Waals surface area contributed by atoms with E-state index in [1.54, 1.807) is 6.92 Å². The standard InChI is InChI=1S/C10H16N2O6S/c1-7-5-8(11-18-7)6-19(15,16)12-9(10(13)14)3-4-17-2/h5,9,12H,3-4,6H2,1-2H3,(H,13,14).